The van der Waals surface area contributed by atoms with Gasteiger partial charge in [0.05, 0.1) is 23.6 Å². The number of hydrogen-bond acceptors (Lipinski definition) is 7. The maximum absolute atomic E-state index is 13.8. The molecule has 3 N–H and O–H groups in total. The average molecular weight is 515 g/mol. The summed E-state index contributed by atoms with van der Waals surface area (Å²) in [5.41, 5.74) is 0.522. The van der Waals surface area contributed by atoms with E-state index in [1.54, 1.807) is 19.9 Å². The van der Waals surface area contributed by atoms with Crippen LogP contribution >= 0.6 is 0 Å². The molecule has 0 fully saturated rings. The van der Waals surface area contributed by atoms with E-state index >= 15 is 0 Å². The van der Waals surface area contributed by atoms with E-state index in [0.29, 0.717) is 5.69 Å². The van der Waals surface area contributed by atoms with E-state index in [2.05, 4.69) is 20.4 Å². The van der Waals surface area contributed by atoms with Crippen molar-refractivity contribution in [2.45, 2.75) is 33.1 Å². The van der Waals surface area contributed by atoms with Gasteiger partial charge in [-0.15, -0.1) is 0 Å². The summed E-state index contributed by atoms with van der Waals surface area (Å²) < 4.78 is 48.0. The molecule has 0 unspecified atom stereocenters. The third kappa shape index (κ3) is 5.54. The zero-order chi connectivity index (χ0) is 26.9. The van der Waals surface area contributed by atoms with Gasteiger partial charge in [0.1, 0.15) is 18.5 Å². The van der Waals surface area contributed by atoms with Crippen molar-refractivity contribution in [2.24, 2.45) is 0 Å². The minimum atomic E-state index is -4.67. The van der Waals surface area contributed by atoms with Gasteiger partial charge >= 0.3 is 6.18 Å². The molecule has 194 valence electrons. The molecular formula is C25H24F3N5O4. The van der Waals surface area contributed by atoms with Crippen LogP contribution in [0.4, 0.5) is 19.0 Å². The van der Waals surface area contributed by atoms with Gasteiger partial charge < -0.3 is 20.3 Å². The first-order valence-corrected chi connectivity index (χ1v) is 11.2. The molecule has 0 bridgehead atoms. The average Bonchev–Trinajstić information content (AvgIpc) is 3.16. The van der Waals surface area contributed by atoms with E-state index in [0.717, 1.165) is 16.1 Å². The summed E-state index contributed by atoms with van der Waals surface area (Å²) in [6.07, 6.45) is -5.91. The van der Waals surface area contributed by atoms with Gasteiger partial charge in [-0.3, -0.25) is 4.79 Å². The normalized spacial score (nSPS) is 12.5. The monoisotopic (exact) mass is 515 g/mol. The number of benzene rings is 1. The highest BCUT2D eigenvalue weighted by Gasteiger charge is 2.34. The van der Waals surface area contributed by atoms with E-state index in [1.807, 2.05) is 13.0 Å². The number of aryl methyl sites for hydroxylation is 3. The fourth-order valence-corrected chi connectivity index (χ4v) is 3.87. The summed E-state index contributed by atoms with van der Waals surface area (Å²) in [5.74, 6) is -0.364. The van der Waals surface area contributed by atoms with Crippen molar-refractivity contribution < 1.29 is 32.9 Å². The minimum absolute atomic E-state index is 0.0267. The molecule has 9 nitrogen and oxygen atoms in total. The molecular weight excluding hydrogens is 491 g/mol. The molecule has 3 heterocycles. The Kier molecular flexibility index (Phi) is 7.14. The minimum Gasteiger partial charge on any atom is -0.487 e. The third-order valence-electron chi connectivity index (χ3n) is 5.43. The number of pyridine rings is 1. The lowest BCUT2D eigenvalue weighted by Crippen LogP contribution is -2.22. The van der Waals surface area contributed by atoms with E-state index < -0.39 is 30.4 Å². The van der Waals surface area contributed by atoms with Crippen LogP contribution in [0.3, 0.4) is 0 Å². The summed E-state index contributed by atoms with van der Waals surface area (Å²) in [6, 6.07) is 9.64. The van der Waals surface area contributed by atoms with Crippen LogP contribution in [-0.4, -0.2) is 55.0 Å². The Labute approximate surface area is 209 Å². The molecule has 0 saturated carbocycles. The third-order valence-corrected chi connectivity index (χ3v) is 5.43. The van der Waals surface area contributed by atoms with Crippen LogP contribution in [-0.2, 0) is 6.18 Å². The number of carbonyl (C=O) groups excluding carboxylic acids is 1. The predicted octanol–water partition coefficient (Wildman–Crippen LogP) is 3.72. The molecule has 3 aromatic heterocycles. The molecule has 0 aliphatic rings. The van der Waals surface area contributed by atoms with Crippen LogP contribution in [0.2, 0.25) is 0 Å². The molecule has 37 heavy (non-hydrogen) atoms. The van der Waals surface area contributed by atoms with Gasteiger partial charge in [0.25, 0.3) is 5.91 Å². The van der Waals surface area contributed by atoms with Gasteiger partial charge in [-0.2, -0.15) is 18.3 Å². The molecule has 0 aliphatic heterocycles. The molecule has 1 atom stereocenters. The van der Waals surface area contributed by atoms with Crippen LogP contribution in [0.1, 0.15) is 33.0 Å². The molecule has 1 aromatic carbocycles. The fraction of sp³-hybridized carbons (Fsp3) is 0.280. The van der Waals surface area contributed by atoms with Crippen molar-refractivity contribution in [3.05, 3.63) is 70.7 Å². The number of aromatic nitrogens is 4. The Morgan fingerprint density at radius 1 is 1.14 bits per heavy atom. The number of fused-ring (bicyclic) bond motifs is 1. The van der Waals surface area contributed by atoms with E-state index in [4.69, 9.17) is 9.84 Å². The number of aliphatic hydroxyl groups excluding tert-OH is 2. The molecule has 0 radical (unpaired) electrons. The lowest BCUT2D eigenvalue weighted by atomic mass is 10.0. The summed E-state index contributed by atoms with van der Waals surface area (Å²) >= 11 is 0. The Balaban J connectivity index is 1.88. The number of rotatable bonds is 7. The lowest BCUT2D eigenvalue weighted by molar-refractivity contribution is -0.137. The molecule has 0 aliphatic carbocycles. The zero-order valence-electron chi connectivity index (χ0n) is 20.2. The number of hydrogen-bond donors (Lipinski definition) is 3. The summed E-state index contributed by atoms with van der Waals surface area (Å²) in [7, 11) is 0. The molecule has 4 aromatic rings. The van der Waals surface area contributed by atoms with E-state index in [-0.39, 0.29) is 46.5 Å². The number of amides is 1. The second-order valence-electron chi connectivity index (χ2n) is 8.49. The largest absolute Gasteiger partial charge is 0.487 e. The van der Waals surface area contributed by atoms with Crippen LogP contribution < -0.4 is 10.1 Å². The number of nitrogens with zero attached hydrogens (tertiary/aromatic N) is 4. The highest BCUT2D eigenvalue weighted by atomic mass is 19.4. The van der Waals surface area contributed by atoms with Crippen molar-refractivity contribution in [1.29, 1.82) is 0 Å². The molecule has 0 spiro atoms. The Bertz CT molecular complexity index is 1450. The SMILES string of the molecule is Cc1cc(C)nc(NC(=O)c2c(C)nc3c(OC[C@H](O)CO)cc(-c4ccccc4C(F)(F)F)nn23)c1. The van der Waals surface area contributed by atoms with Crippen molar-refractivity contribution in [1.82, 2.24) is 19.6 Å². The van der Waals surface area contributed by atoms with Crippen LogP contribution in [0.5, 0.6) is 5.75 Å². The van der Waals surface area contributed by atoms with E-state index in [1.165, 1.54) is 24.3 Å². The summed E-state index contributed by atoms with van der Waals surface area (Å²) in [6.45, 7) is 4.22. The van der Waals surface area contributed by atoms with E-state index in [9.17, 15) is 23.1 Å². The quantitative estimate of drug-likeness (QED) is 0.343. The van der Waals surface area contributed by atoms with Crippen molar-refractivity contribution in [3.8, 4) is 17.0 Å². The fourth-order valence-electron chi connectivity index (χ4n) is 3.87. The Hall–Kier alpha value is -4.03. The Morgan fingerprint density at radius 3 is 2.54 bits per heavy atom. The smallest absolute Gasteiger partial charge is 0.417 e. The highest BCUT2D eigenvalue weighted by molar-refractivity contribution is 6.04. The first kappa shape index (κ1) is 26.0. The number of ether oxygens (including phenoxy) is 1. The van der Waals surface area contributed by atoms with Crippen LogP contribution in [0.15, 0.2) is 42.5 Å². The number of carbonyl (C=O) groups is 1. The first-order chi connectivity index (χ1) is 17.5. The van der Waals surface area contributed by atoms with Crippen LogP contribution in [0.25, 0.3) is 16.9 Å². The standard InChI is InChI=1S/C25H24F3N5O4/c1-13-8-14(2)29-21(9-13)31-24(36)22-15(3)30-23-20(37-12-16(35)11-34)10-19(32-33(22)23)17-6-4-5-7-18(17)25(26,27)28/h4-10,16,34-35H,11-12H2,1-3H3,(H,29,31,36)/t16-/m1/s1. The van der Waals surface area contributed by atoms with Crippen molar-refractivity contribution in [2.75, 3.05) is 18.5 Å². The van der Waals surface area contributed by atoms with Gasteiger partial charge in [0, 0.05) is 17.3 Å². The molecule has 12 heteroatoms. The number of imidazole rings is 1. The number of aliphatic hydroxyl groups is 2. The highest BCUT2D eigenvalue weighted by Crippen LogP contribution is 2.37. The second-order valence-corrected chi connectivity index (χ2v) is 8.49. The number of anilines is 1. The maximum atomic E-state index is 13.8. The zero-order valence-corrected chi connectivity index (χ0v) is 20.2. The van der Waals surface area contributed by atoms with Gasteiger partial charge in [0.15, 0.2) is 17.1 Å². The Morgan fingerprint density at radius 2 is 1.86 bits per heavy atom. The summed E-state index contributed by atoms with van der Waals surface area (Å²) in [5, 5.41) is 25.9. The number of nitrogens with one attached hydrogen (secondary N) is 1. The van der Waals surface area contributed by atoms with Crippen LogP contribution in [0, 0.1) is 20.8 Å². The van der Waals surface area contributed by atoms with Gasteiger partial charge in [-0.25, -0.2) is 14.5 Å². The van der Waals surface area contributed by atoms with Crippen molar-refractivity contribution in [3.63, 3.8) is 0 Å². The van der Waals surface area contributed by atoms with Gasteiger partial charge in [0.2, 0.25) is 0 Å². The first-order valence-electron chi connectivity index (χ1n) is 11.2. The van der Waals surface area contributed by atoms with Gasteiger partial charge in [-0.05, 0) is 44.5 Å². The topological polar surface area (TPSA) is 122 Å². The maximum Gasteiger partial charge on any atom is 0.417 e. The van der Waals surface area contributed by atoms with Crippen molar-refractivity contribution >= 4 is 17.4 Å². The second kappa shape index (κ2) is 10.1. The van der Waals surface area contributed by atoms with Gasteiger partial charge in [-0.1, -0.05) is 18.2 Å². The number of halogens is 3. The molecule has 4 rings (SSSR count). The lowest BCUT2D eigenvalue weighted by Gasteiger charge is -2.15. The molecule has 1 amide bonds. The molecule has 0 saturated heterocycles. The number of alkyl halides is 3. The predicted molar refractivity (Wildman–Crippen MR) is 128 cm³/mol. The summed E-state index contributed by atoms with van der Waals surface area (Å²) in [4.78, 5) is 21.9.